The Labute approximate surface area is 225 Å². The second kappa shape index (κ2) is 8.50. The zero-order chi connectivity index (χ0) is 27.9. The van der Waals surface area contributed by atoms with Crippen LogP contribution in [0.3, 0.4) is 0 Å². The van der Waals surface area contributed by atoms with Crippen molar-refractivity contribution in [2.45, 2.75) is 36.6 Å². The highest BCUT2D eigenvalue weighted by molar-refractivity contribution is 7.99. The van der Waals surface area contributed by atoms with Gasteiger partial charge in [0.2, 0.25) is 0 Å². The van der Waals surface area contributed by atoms with Crippen molar-refractivity contribution < 1.29 is 38.7 Å². The van der Waals surface area contributed by atoms with E-state index in [1.165, 1.54) is 36.1 Å². The largest absolute Gasteiger partial charge is 0.480 e. The van der Waals surface area contributed by atoms with Gasteiger partial charge in [0.15, 0.2) is 6.04 Å². The highest BCUT2D eigenvalue weighted by Crippen LogP contribution is 2.44. The summed E-state index contributed by atoms with van der Waals surface area (Å²) in [6.45, 7) is 1.26. The molecule has 2 aromatic carbocycles. The van der Waals surface area contributed by atoms with Gasteiger partial charge in [-0.2, -0.15) is 0 Å². The van der Waals surface area contributed by atoms with Crippen LogP contribution in [0.25, 0.3) is 0 Å². The molecule has 1 N–H and O–H groups in total. The fraction of sp³-hybridized carbons (Fsp3) is 0.269. The normalized spacial score (nSPS) is 26.5. The zero-order valence-electron chi connectivity index (χ0n) is 20.5. The molecule has 4 heterocycles. The number of β-lactam (4-membered cyclic amide) rings is 2. The van der Waals surface area contributed by atoms with E-state index in [1.54, 1.807) is 30.5 Å². The molecular formula is C26H20N4O8S. The number of thioether (sulfide) groups is 1. The molecule has 0 aromatic heterocycles. The topological polar surface area (TPSA) is 153 Å². The summed E-state index contributed by atoms with van der Waals surface area (Å²) in [4.78, 5) is 95.2. The molecule has 6 rings (SSSR count). The Balaban J connectivity index is 1.37. The second-order valence-corrected chi connectivity index (χ2v) is 10.4. The summed E-state index contributed by atoms with van der Waals surface area (Å²) < 4.78 is 0. The maximum atomic E-state index is 13.7. The van der Waals surface area contributed by atoms with E-state index in [9.17, 15) is 38.7 Å². The van der Waals surface area contributed by atoms with E-state index in [2.05, 4.69) is 0 Å². The summed E-state index contributed by atoms with van der Waals surface area (Å²) in [5.74, 6) is -5.58. The lowest BCUT2D eigenvalue weighted by Gasteiger charge is -2.61. The number of amides is 6. The van der Waals surface area contributed by atoms with Crippen LogP contribution in [-0.4, -0.2) is 102 Å². The first-order valence-corrected chi connectivity index (χ1v) is 13.2. The SMILES string of the molecule is CSC1C(N2C(=O)c3ccccc3C2=O)C(=O)N1C1C(N2C(=O)c3ccccc3C2=O)C(=O)N1C(C)C(=O)O. The Morgan fingerprint density at radius 2 is 1.15 bits per heavy atom. The molecule has 198 valence electrons. The molecule has 5 atom stereocenters. The van der Waals surface area contributed by atoms with E-state index in [4.69, 9.17) is 0 Å². The molecule has 2 fully saturated rings. The molecule has 0 spiro atoms. The Bertz CT molecular complexity index is 1470. The maximum Gasteiger partial charge on any atom is 0.326 e. The number of hydrogen-bond acceptors (Lipinski definition) is 8. The Morgan fingerprint density at radius 1 is 0.744 bits per heavy atom. The van der Waals surface area contributed by atoms with Crippen LogP contribution in [-0.2, 0) is 14.4 Å². The molecule has 5 unspecified atom stereocenters. The molecular weight excluding hydrogens is 528 g/mol. The van der Waals surface area contributed by atoms with Gasteiger partial charge in [-0.15, -0.1) is 11.8 Å². The van der Waals surface area contributed by atoms with Gasteiger partial charge in [-0.05, 0) is 37.4 Å². The van der Waals surface area contributed by atoms with Gasteiger partial charge in [0.1, 0.15) is 23.6 Å². The van der Waals surface area contributed by atoms with Crippen molar-refractivity contribution in [2.75, 3.05) is 6.26 Å². The zero-order valence-corrected chi connectivity index (χ0v) is 21.3. The number of benzene rings is 2. The van der Waals surface area contributed by atoms with Crippen LogP contribution in [0, 0.1) is 0 Å². The van der Waals surface area contributed by atoms with E-state index >= 15 is 0 Å². The van der Waals surface area contributed by atoms with Gasteiger partial charge in [-0.1, -0.05) is 24.3 Å². The molecule has 12 nitrogen and oxygen atoms in total. The van der Waals surface area contributed by atoms with Gasteiger partial charge < -0.3 is 14.9 Å². The fourth-order valence-corrected chi connectivity index (χ4v) is 6.65. The van der Waals surface area contributed by atoms with Gasteiger partial charge >= 0.3 is 5.97 Å². The number of carbonyl (C=O) groups is 7. The molecule has 4 aliphatic rings. The van der Waals surface area contributed by atoms with Crippen molar-refractivity contribution in [3.05, 3.63) is 70.8 Å². The monoisotopic (exact) mass is 548 g/mol. The predicted octanol–water partition coefficient (Wildman–Crippen LogP) is 0.489. The van der Waals surface area contributed by atoms with Crippen LogP contribution in [0.1, 0.15) is 48.4 Å². The lowest BCUT2D eigenvalue weighted by Crippen LogP contribution is -2.85. The van der Waals surface area contributed by atoms with Gasteiger partial charge in [-0.25, -0.2) is 4.79 Å². The summed E-state index contributed by atoms with van der Waals surface area (Å²) in [5, 5.41) is 8.80. The highest BCUT2D eigenvalue weighted by atomic mass is 32.2. The number of nitrogens with zero attached hydrogens (tertiary/aromatic N) is 4. The number of carboxylic acid groups (broad SMARTS) is 1. The molecule has 0 saturated carbocycles. The smallest absolute Gasteiger partial charge is 0.326 e. The molecule has 4 aliphatic heterocycles. The average molecular weight is 549 g/mol. The van der Waals surface area contributed by atoms with E-state index < -0.39 is 71.1 Å². The first-order valence-electron chi connectivity index (χ1n) is 12.0. The number of carboxylic acids is 1. The number of fused-ring (bicyclic) bond motifs is 2. The first kappa shape index (κ1) is 24.8. The summed E-state index contributed by atoms with van der Waals surface area (Å²) in [6, 6.07) is 8.15. The van der Waals surface area contributed by atoms with Crippen molar-refractivity contribution in [2.24, 2.45) is 0 Å². The third kappa shape index (κ3) is 3.10. The van der Waals surface area contributed by atoms with Crippen LogP contribution in [0.15, 0.2) is 48.5 Å². The third-order valence-electron chi connectivity index (χ3n) is 7.64. The molecule has 0 radical (unpaired) electrons. The van der Waals surface area contributed by atoms with Gasteiger partial charge in [-0.3, -0.25) is 38.6 Å². The molecule has 0 aliphatic carbocycles. The number of likely N-dealkylation sites (tertiary alicyclic amines) is 2. The van der Waals surface area contributed by atoms with Crippen molar-refractivity contribution in [1.29, 1.82) is 0 Å². The van der Waals surface area contributed by atoms with Crippen LogP contribution in [0.4, 0.5) is 0 Å². The van der Waals surface area contributed by atoms with Crippen LogP contribution < -0.4 is 0 Å². The summed E-state index contributed by atoms with van der Waals surface area (Å²) >= 11 is 1.12. The summed E-state index contributed by atoms with van der Waals surface area (Å²) in [5.41, 5.74) is 0.521. The van der Waals surface area contributed by atoms with Crippen molar-refractivity contribution in [3.63, 3.8) is 0 Å². The summed E-state index contributed by atoms with van der Waals surface area (Å²) in [6.07, 6.45) is 0.333. The standard InChI is InChI=1S/C26H20N4O8S/c1-11(26(37)38)27-18(16(23(27)35)28-19(31)12-7-3-4-8-13(12)20(28)32)30-24(36)17(25(30)39-2)29-21(33)14-9-5-6-10-15(14)22(29)34/h3-11,16-18,25H,1-2H3,(H,37,38). The van der Waals surface area contributed by atoms with E-state index in [0.29, 0.717) is 0 Å². The number of imide groups is 2. The number of carbonyl (C=O) groups excluding carboxylic acids is 6. The van der Waals surface area contributed by atoms with Gasteiger partial charge in [0.05, 0.1) is 22.3 Å². The molecule has 0 bridgehead atoms. The third-order valence-corrected chi connectivity index (χ3v) is 8.60. The quantitative estimate of drug-likeness (QED) is 0.401. The van der Waals surface area contributed by atoms with Crippen LogP contribution in [0.2, 0.25) is 0 Å². The van der Waals surface area contributed by atoms with Crippen LogP contribution >= 0.6 is 11.8 Å². The van der Waals surface area contributed by atoms with E-state index in [-0.39, 0.29) is 22.3 Å². The number of aliphatic carboxylic acids is 1. The van der Waals surface area contributed by atoms with E-state index in [1.807, 2.05) is 0 Å². The molecule has 6 amide bonds. The maximum absolute atomic E-state index is 13.7. The fourth-order valence-electron chi connectivity index (χ4n) is 5.70. The average Bonchev–Trinajstić information content (AvgIpc) is 3.32. The molecule has 13 heteroatoms. The Hall–Kier alpha value is -4.52. The lowest BCUT2D eigenvalue weighted by molar-refractivity contribution is -0.196. The van der Waals surface area contributed by atoms with Crippen molar-refractivity contribution >= 4 is 53.2 Å². The Kier molecular flexibility index (Phi) is 5.40. The Morgan fingerprint density at radius 3 is 1.54 bits per heavy atom. The first-order chi connectivity index (χ1) is 18.6. The minimum absolute atomic E-state index is 0.0963. The minimum atomic E-state index is -1.47. The lowest BCUT2D eigenvalue weighted by atomic mass is 9.91. The molecule has 39 heavy (non-hydrogen) atoms. The second-order valence-electron chi connectivity index (χ2n) is 9.49. The van der Waals surface area contributed by atoms with Crippen molar-refractivity contribution in [1.82, 2.24) is 19.6 Å². The number of rotatable bonds is 6. The molecule has 2 aromatic rings. The van der Waals surface area contributed by atoms with Gasteiger partial charge in [0.25, 0.3) is 35.4 Å². The van der Waals surface area contributed by atoms with Gasteiger partial charge in [0, 0.05) is 0 Å². The van der Waals surface area contributed by atoms with Crippen molar-refractivity contribution in [3.8, 4) is 0 Å². The minimum Gasteiger partial charge on any atom is -0.480 e. The van der Waals surface area contributed by atoms with Crippen LogP contribution in [0.5, 0.6) is 0 Å². The summed E-state index contributed by atoms with van der Waals surface area (Å²) in [7, 11) is 0. The highest BCUT2D eigenvalue weighted by Gasteiger charge is 2.68. The predicted molar refractivity (Wildman–Crippen MR) is 133 cm³/mol. The molecule has 2 saturated heterocycles. The number of hydrogen-bond donors (Lipinski definition) is 1. The van der Waals surface area contributed by atoms with E-state index in [0.717, 1.165) is 26.5 Å².